The topological polar surface area (TPSA) is 240 Å². The van der Waals surface area contributed by atoms with Crippen molar-refractivity contribution >= 4 is 11.9 Å². The van der Waals surface area contributed by atoms with Crippen LogP contribution in [0.5, 0.6) is 0 Å². The number of rotatable bonds is 9. The van der Waals surface area contributed by atoms with Gasteiger partial charge in [0.15, 0.2) is 24.8 Å². The molecule has 3 aliphatic heterocycles. The summed E-state index contributed by atoms with van der Waals surface area (Å²) in [6, 6.07) is 0. The van der Waals surface area contributed by atoms with Crippen LogP contribution in [0.15, 0.2) is 0 Å². The third-order valence-electron chi connectivity index (χ3n) is 17.3. The quantitative estimate of drug-likeness (QED) is 0.128. The van der Waals surface area contributed by atoms with Crippen molar-refractivity contribution in [1.29, 1.82) is 0 Å². The summed E-state index contributed by atoms with van der Waals surface area (Å²) in [6.07, 6.45) is -6.80. The molecule has 5 aliphatic carbocycles. The van der Waals surface area contributed by atoms with Crippen LogP contribution in [0, 0.1) is 39.4 Å². The van der Waals surface area contributed by atoms with Crippen LogP contribution in [0.1, 0.15) is 113 Å². The zero-order chi connectivity index (χ0) is 42.8. The highest BCUT2D eigenvalue weighted by atomic mass is 16.7. The Morgan fingerprint density at radius 1 is 0.780 bits per heavy atom. The second kappa shape index (κ2) is 15.0. The van der Waals surface area contributed by atoms with E-state index in [0.29, 0.717) is 32.1 Å². The van der Waals surface area contributed by atoms with Crippen molar-refractivity contribution in [2.24, 2.45) is 39.4 Å². The molecule has 21 atom stereocenters. The molecule has 5 saturated carbocycles. The first-order chi connectivity index (χ1) is 27.5. The third kappa shape index (κ3) is 6.84. The molecule has 0 aromatic rings. The Balaban J connectivity index is 1.10. The van der Waals surface area contributed by atoms with Gasteiger partial charge in [0, 0.05) is 19.8 Å². The minimum absolute atomic E-state index is 0.0695. The molecule has 3 heterocycles. The molecule has 16 nitrogen and oxygen atoms in total. The molecule has 8 fully saturated rings. The van der Waals surface area contributed by atoms with Crippen LogP contribution in [0.25, 0.3) is 0 Å². The number of carbonyl (C=O) groups is 2. The average Bonchev–Trinajstić information content (AvgIpc) is 3.52. The Morgan fingerprint density at radius 3 is 2.12 bits per heavy atom. The maximum atomic E-state index is 12.2. The van der Waals surface area contributed by atoms with Gasteiger partial charge in [-0.1, -0.05) is 13.8 Å². The van der Waals surface area contributed by atoms with Crippen molar-refractivity contribution in [3.63, 3.8) is 0 Å². The van der Waals surface area contributed by atoms with Gasteiger partial charge >= 0.3 is 11.9 Å². The molecule has 0 radical (unpaired) electrons. The Hall–Kier alpha value is -1.54. The van der Waals surface area contributed by atoms with E-state index in [1.165, 1.54) is 13.8 Å². The number of aliphatic hydroxyl groups is 7. The Labute approximate surface area is 346 Å². The first kappa shape index (κ1) is 44.1. The van der Waals surface area contributed by atoms with Crippen LogP contribution in [0.2, 0.25) is 0 Å². The van der Waals surface area contributed by atoms with Gasteiger partial charge in [-0.05, 0) is 118 Å². The van der Waals surface area contributed by atoms with Crippen LogP contribution < -0.4 is 0 Å². The average molecular weight is 841 g/mol. The van der Waals surface area contributed by atoms with E-state index in [0.717, 1.165) is 32.1 Å². The van der Waals surface area contributed by atoms with E-state index in [9.17, 15) is 45.3 Å². The maximum Gasteiger partial charge on any atom is 0.303 e. The highest BCUT2D eigenvalue weighted by molar-refractivity contribution is 5.67. The molecule has 8 rings (SSSR count). The highest BCUT2D eigenvalue weighted by Gasteiger charge is 2.83. The Bertz CT molecular complexity index is 1600. The van der Waals surface area contributed by atoms with E-state index in [2.05, 4.69) is 20.8 Å². The number of hydrogen-bond acceptors (Lipinski definition) is 16. The van der Waals surface area contributed by atoms with Gasteiger partial charge in [-0.25, -0.2) is 0 Å². The molecule has 8 aliphatic rings. The molecule has 16 heteroatoms. The molecule has 0 amide bonds. The van der Waals surface area contributed by atoms with Crippen molar-refractivity contribution in [2.75, 3.05) is 13.2 Å². The Morgan fingerprint density at radius 2 is 1.47 bits per heavy atom. The second-order valence-electron chi connectivity index (χ2n) is 20.9. The third-order valence-corrected chi connectivity index (χ3v) is 17.3. The largest absolute Gasteiger partial charge is 0.455 e. The van der Waals surface area contributed by atoms with Gasteiger partial charge in [-0.15, -0.1) is 0 Å². The number of hydrogen-bond donors (Lipinski definition) is 7. The number of carbonyl (C=O) groups excluding carboxylic acids is 2. The van der Waals surface area contributed by atoms with E-state index in [4.69, 9.17) is 33.2 Å². The molecular weight excluding hydrogens is 772 g/mol. The van der Waals surface area contributed by atoms with Gasteiger partial charge in [0.2, 0.25) is 0 Å². The van der Waals surface area contributed by atoms with Gasteiger partial charge in [0.25, 0.3) is 0 Å². The molecule has 1 unspecified atom stereocenters. The maximum absolute atomic E-state index is 12.2. The van der Waals surface area contributed by atoms with Crippen LogP contribution in [-0.2, 0) is 42.7 Å². The summed E-state index contributed by atoms with van der Waals surface area (Å²) in [5.74, 6) is -1.53. The summed E-state index contributed by atoms with van der Waals surface area (Å²) < 4.78 is 43.0. The smallest absolute Gasteiger partial charge is 0.303 e. The van der Waals surface area contributed by atoms with E-state index in [1.54, 1.807) is 13.8 Å². The minimum Gasteiger partial charge on any atom is -0.455 e. The summed E-state index contributed by atoms with van der Waals surface area (Å²) in [7, 11) is 0. The SMILES string of the molecule is CC(=O)O[C@@H]1[C@H](O[C@H]2CC[C@]34C[C@@]35CC[C@]3(C)[C@@H]([C@@]6(C)CC[C@@H](C(C)(C)O)O6)[C@@H](O)C[C@@]3(C)[C@H]5C[C@H](O[C@@H]3O[C@H](CO)[C@@H](O)[C@H](O)[C@H]3O)C4C2)OC[C@@H](O)[C@@H]1OC(C)=O. The molecule has 7 N–H and O–H groups in total. The fourth-order valence-corrected chi connectivity index (χ4v) is 14.6. The van der Waals surface area contributed by atoms with Gasteiger partial charge in [-0.2, -0.15) is 0 Å². The van der Waals surface area contributed by atoms with E-state index in [1.807, 2.05) is 0 Å². The fourth-order valence-electron chi connectivity index (χ4n) is 14.6. The second-order valence-corrected chi connectivity index (χ2v) is 20.9. The predicted octanol–water partition coefficient (Wildman–Crippen LogP) is 1.23. The van der Waals surface area contributed by atoms with Crippen LogP contribution >= 0.6 is 0 Å². The summed E-state index contributed by atoms with van der Waals surface area (Å²) >= 11 is 0. The van der Waals surface area contributed by atoms with E-state index >= 15 is 0 Å². The monoisotopic (exact) mass is 840 g/mol. The minimum atomic E-state index is -1.62. The first-order valence-corrected chi connectivity index (χ1v) is 21.9. The molecule has 3 saturated heterocycles. The van der Waals surface area contributed by atoms with Gasteiger partial charge < -0.3 is 68.9 Å². The van der Waals surface area contributed by atoms with Gasteiger partial charge in [0.05, 0.1) is 48.8 Å². The summed E-state index contributed by atoms with van der Waals surface area (Å²) in [5, 5.41) is 76.5. The van der Waals surface area contributed by atoms with Crippen molar-refractivity contribution in [3.8, 4) is 0 Å². The number of aliphatic hydroxyl groups excluding tert-OH is 6. The normalized spacial score (nSPS) is 54.3. The molecule has 59 heavy (non-hydrogen) atoms. The van der Waals surface area contributed by atoms with E-state index in [-0.39, 0.29) is 52.1 Å². The summed E-state index contributed by atoms with van der Waals surface area (Å²) in [4.78, 5) is 24.2. The number of esters is 2. The van der Waals surface area contributed by atoms with Gasteiger partial charge in [-0.3, -0.25) is 9.59 Å². The molecule has 0 bridgehead atoms. The van der Waals surface area contributed by atoms with Crippen LogP contribution in [0.3, 0.4) is 0 Å². The van der Waals surface area contributed by atoms with E-state index < -0.39 is 103 Å². The first-order valence-electron chi connectivity index (χ1n) is 21.9. The van der Waals surface area contributed by atoms with Crippen LogP contribution in [-0.4, -0.2) is 152 Å². The summed E-state index contributed by atoms with van der Waals surface area (Å²) in [5.41, 5.74) is -2.61. The lowest BCUT2D eigenvalue weighted by molar-refractivity contribution is -0.328. The Kier molecular flexibility index (Phi) is 11.2. The lowest BCUT2D eigenvalue weighted by atomic mass is 9.42. The highest BCUT2D eigenvalue weighted by Crippen LogP contribution is 2.88. The molecular formula is C43H68O16. The standard InChI is InChI=1S/C43H68O16/c1-20(45)54-33-25(48)18-53-37(34(33)55-21(2)46)56-22-8-11-42-19-43(42)13-12-39(5)35(41(7)10-9-29(59-41)38(3,4)52)24(47)16-40(39,6)28(43)15-26(23(42)14-22)57-36-32(51)31(50)30(49)27(17-44)58-36/h22-37,44,47-52H,8-19H2,1-7H3/t22-,23?,24-,25+,26-,27+,28+,29-,30+,31-,32+,33-,34-,35-,36+,37-,39+,40-,41+,42+,43+/m0/s1. The van der Waals surface area contributed by atoms with Crippen molar-refractivity contribution in [2.45, 2.75) is 204 Å². The molecule has 336 valence electrons. The van der Waals surface area contributed by atoms with Gasteiger partial charge in [0.1, 0.15) is 30.5 Å². The van der Waals surface area contributed by atoms with Crippen molar-refractivity contribution in [3.05, 3.63) is 0 Å². The summed E-state index contributed by atoms with van der Waals surface area (Å²) in [6.45, 7) is 11.9. The van der Waals surface area contributed by atoms with Crippen molar-refractivity contribution < 1.29 is 78.5 Å². The molecule has 0 aromatic carbocycles. The predicted molar refractivity (Wildman–Crippen MR) is 204 cm³/mol. The molecule has 2 spiro atoms. The zero-order valence-corrected chi connectivity index (χ0v) is 35.5. The fraction of sp³-hybridized carbons (Fsp3) is 0.953. The number of ether oxygens (including phenoxy) is 7. The zero-order valence-electron chi connectivity index (χ0n) is 35.5. The lowest BCUT2D eigenvalue weighted by Gasteiger charge is -2.63. The number of fused-ring (bicyclic) bond motifs is 2. The van der Waals surface area contributed by atoms with Crippen LogP contribution in [0.4, 0.5) is 0 Å². The lowest BCUT2D eigenvalue weighted by Crippen LogP contribution is -2.63. The molecule has 0 aromatic heterocycles. The van der Waals surface area contributed by atoms with Crippen molar-refractivity contribution in [1.82, 2.24) is 0 Å².